The number of aromatic nitrogens is 3. The summed E-state index contributed by atoms with van der Waals surface area (Å²) in [6.07, 6.45) is 2.29. The highest BCUT2D eigenvalue weighted by Crippen LogP contribution is 2.07. The highest BCUT2D eigenvalue weighted by atomic mass is 19.1. The average molecular weight is 277 g/mol. The van der Waals surface area contributed by atoms with Crippen molar-refractivity contribution in [3.05, 3.63) is 42.2 Å². The second-order valence-electron chi connectivity index (χ2n) is 4.32. The highest BCUT2D eigenvalue weighted by Gasteiger charge is 2.03. The standard InChI is InChI=1S/C13H16FN5O/c1-19-9-16-12(18-19)6-7-15-8-13(20)17-11-4-2-10(14)3-5-11/h2-5,9,15H,6-8H2,1H3,(H,17,20). The molecule has 0 spiro atoms. The van der Waals surface area contributed by atoms with Crippen molar-refractivity contribution in [3.63, 3.8) is 0 Å². The smallest absolute Gasteiger partial charge is 0.238 e. The first kappa shape index (κ1) is 14.1. The van der Waals surface area contributed by atoms with Crippen LogP contribution in [0.1, 0.15) is 5.82 Å². The number of carbonyl (C=O) groups excluding carboxylic acids is 1. The van der Waals surface area contributed by atoms with Gasteiger partial charge in [0.25, 0.3) is 0 Å². The van der Waals surface area contributed by atoms with E-state index in [1.165, 1.54) is 24.3 Å². The van der Waals surface area contributed by atoms with Gasteiger partial charge in [-0.05, 0) is 24.3 Å². The van der Waals surface area contributed by atoms with Crippen molar-refractivity contribution in [1.29, 1.82) is 0 Å². The second-order valence-corrected chi connectivity index (χ2v) is 4.32. The molecule has 0 radical (unpaired) electrons. The van der Waals surface area contributed by atoms with Crippen molar-refractivity contribution in [2.75, 3.05) is 18.4 Å². The summed E-state index contributed by atoms with van der Waals surface area (Å²) in [6, 6.07) is 5.64. The molecule has 1 amide bonds. The van der Waals surface area contributed by atoms with Crippen LogP contribution in [0, 0.1) is 5.82 Å². The number of halogens is 1. The lowest BCUT2D eigenvalue weighted by Gasteiger charge is -2.06. The predicted octanol–water partition coefficient (Wildman–Crippen LogP) is 0.725. The number of rotatable bonds is 6. The lowest BCUT2D eigenvalue weighted by Crippen LogP contribution is -2.29. The van der Waals surface area contributed by atoms with Crippen LogP contribution in [-0.2, 0) is 18.3 Å². The third-order valence-electron chi connectivity index (χ3n) is 2.59. The number of nitrogens with one attached hydrogen (secondary N) is 2. The zero-order valence-corrected chi connectivity index (χ0v) is 11.1. The molecule has 1 heterocycles. The Hall–Kier alpha value is -2.28. The van der Waals surface area contributed by atoms with Crippen LogP contribution in [0.5, 0.6) is 0 Å². The third-order valence-corrected chi connectivity index (χ3v) is 2.59. The molecule has 6 nitrogen and oxygen atoms in total. The van der Waals surface area contributed by atoms with Crippen molar-refractivity contribution in [1.82, 2.24) is 20.1 Å². The van der Waals surface area contributed by atoms with Gasteiger partial charge in [-0.1, -0.05) is 0 Å². The van der Waals surface area contributed by atoms with Gasteiger partial charge >= 0.3 is 0 Å². The summed E-state index contributed by atoms with van der Waals surface area (Å²) >= 11 is 0. The van der Waals surface area contributed by atoms with Crippen molar-refractivity contribution >= 4 is 11.6 Å². The SMILES string of the molecule is Cn1cnc(CCNCC(=O)Nc2ccc(F)cc2)n1. The molecule has 1 aromatic heterocycles. The van der Waals surface area contributed by atoms with Gasteiger partial charge in [-0.2, -0.15) is 5.10 Å². The quantitative estimate of drug-likeness (QED) is 0.763. The first-order valence-corrected chi connectivity index (χ1v) is 6.24. The maximum Gasteiger partial charge on any atom is 0.238 e. The van der Waals surface area contributed by atoms with Crippen LogP contribution in [-0.4, -0.2) is 33.8 Å². The van der Waals surface area contributed by atoms with E-state index in [4.69, 9.17) is 0 Å². The topological polar surface area (TPSA) is 71.8 Å². The van der Waals surface area contributed by atoms with Gasteiger partial charge in [-0.25, -0.2) is 9.37 Å². The molecule has 7 heteroatoms. The van der Waals surface area contributed by atoms with Gasteiger partial charge in [0, 0.05) is 25.7 Å². The number of nitrogens with zero attached hydrogens (tertiary/aromatic N) is 3. The fourth-order valence-corrected chi connectivity index (χ4v) is 1.64. The molecule has 0 saturated heterocycles. The Kier molecular flexibility index (Phi) is 4.78. The zero-order chi connectivity index (χ0) is 14.4. The Morgan fingerprint density at radius 2 is 2.10 bits per heavy atom. The van der Waals surface area contributed by atoms with Gasteiger partial charge in [-0.15, -0.1) is 0 Å². The van der Waals surface area contributed by atoms with Crippen LogP contribution in [0.4, 0.5) is 10.1 Å². The molecule has 20 heavy (non-hydrogen) atoms. The van der Waals surface area contributed by atoms with Crippen LogP contribution in [0.25, 0.3) is 0 Å². The largest absolute Gasteiger partial charge is 0.325 e. The molecule has 0 aliphatic carbocycles. The number of aryl methyl sites for hydroxylation is 1. The Morgan fingerprint density at radius 3 is 2.75 bits per heavy atom. The third kappa shape index (κ3) is 4.43. The van der Waals surface area contributed by atoms with Crippen LogP contribution >= 0.6 is 0 Å². The Balaban J connectivity index is 1.66. The van der Waals surface area contributed by atoms with Gasteiger partial charge in [0.2, 0.25) is 5.91 Å². The minimum atomic E-state index is -0.330. The van der Waals surface area contributed by atoms with E-state index in [1.807, 2.05) is 0 Å². The van der Waals surface area contributed by atoms with Gasteiger partial charge in [0.05, 0.1) is 6.54 Å². The summed E-state index contributed by atoms with van der Waals surface area (Å²) < 4.78 is 14.3. The number of benzene rings is 1. The highest BCUT2D eigenvalue weighted by molar-refractivity contribution is 5.92. The molecule has 0 atom stereocenters. The van der Waals surface area contributed by atoms with Gasteiger partial charge in [0.15, 0.2) is 5.82 Å². The number of carbonyl (C=O) groups is 1. The lowest BCUT2D eigenvalue weighted by atomic mass is 10.3. The summed E-state index contributed by atoms with van der Waals surface area (Å²) in [5.74, 6) is 0.230. The molecular formula is C13H16FN5O. The van der Waals surface area contributed by atoms with Crippen LogP contribution in [0.3, 0.4) is 0 Å². The Bertz CT molecular complexity index is 566. The van der Waals surface area contributed by atoms with E-state index in [1.54, 1.807) is 18.1 Å². The zero-order valence-electron chi connectivity index (χ0n) is 11.1. The van der Waals surface area contributed by atoms with E-state index in [9.17, 15) is 9.18 Å². The summed E-state index contributed by atoms with van der Waals surface area (Å²) in [5.41, 5.74) is 0.574. The molecule has 0 bridgehead atoms. The normalized spacial score (nSPS) is 10.5. The van der Waals surface area contributed by atoms with Gasteiger partial charge in [0.1, 0.15) is 12.1 Å². The van der Waals surface area contributed by atoms with Crippen LogP contribution in [0.15, 0.2) is 30.6 Å². The van der Waals surface area contributed by atoms with E-state index in [2.05, 4.69) is 20.7 Å². The van der Waals surface area contributed by atoms with Gasteiger partial charge < -0.3 is 10.6 Å². The molecule has 2 aromatic rings. The van der Waals surface area contributed by atoms with Crippen molar-refractivity contribution in [2.45, 2.75) is 6.42 Å². The number of amides is 1. The number of hydrogen-bond acceptors (Lipinski definition) is 4. The van der Waals surface area contributed by atoms with E-state index in [-0.39, 0.29) is 18.3 Å². The average Bonchev–Trinajstić information content (AvgIpc) is 2.83. The molecule has 2 N–H and O–H groups in total. The summed E-state index contributed by atoms with van der Waals surface area (Å²) in [4.78, 5) is 15.7. The van der Waals surface area contributed by atoms with E-state index >= 15 is 0 Å². The minimum absolute atomic E-state index is 0.175. The number of hydrogen-bond donors (Lipinski definition) is 2. The number of anilines is 1. The molecule has 0 saturated carbocycles. The van der Waals surface area contributed by atoms with Crippen molar-refractivity contribution < 1.29 is 9.18 Å². The van der Waals surface area contributed by atoms with Crippen molar-refractivity contribution in [3.8, 4) is 0 Å². The van der Waals surface area contributed by atoms with E-state index in [0.717, 1.165) is 5.82 Å². The van der Waals surface area contributed by atoms with E-state index < -0.39 is 0 Å². The predicted molar refractivity (Wildman–Crippen MR) is 72.6 cm³/mol. The summed E-state index contributed by atoms with van der Waals surface area (Å²) in [6.45, 7) is 0.797. The first-order chi connectivity index (χ1) is 9.63. The Labute approximate surface area is 116 Å². The molecule has 106 valence electrons. The summed E-state index contributed by atoms with van der Waals surface area (Å²) in [7, 11) is 1.81. The monoisotopic (exact) mass is 277 g/mol. The lowest BCUT2D eigenvalue weighted by molar-refractivity contribution is -0.115. The van der Waals surface area contributed by atoms with Crippen LogP contribution < -0.4 is 10.6 Å². The molecule has 0 aliphatic heterocycles. The second kappa shape index (κ2) is 6.76. The minimum Gasteiger partial charge on any atom is -0.325 e. The summed E-state index contributed by atoms with van der Waals surface area (Å²) in [5, 5.41) is 9.80. The first-order valence-electron chi connectivity index (χ1n) is 6.24. The Morgan fingerprint density at radius 1 is 1.35 bits per heavy atom. The fraction of sp³-hybridized carbons (Fsp3) is 0.308. The molecule has 1 aromatic carbocycles. The van der Waals surface area contributed by atoms with Crippen molar-refractivity contribution in [2.24, 2.45) is 7.05 Å². The molecule has 2 rings (SSSR count). The molecule has 0 fully saturated rings. The van der Waals surface area contributed by atoms with Gasteiger partial charge in [-0.3, -0.25) is 9.48 Å². The maximum atomic E-state index is 12.7. The molecule has 0 unspecified atom stereocenters. The van der Waals surface area contributed by atoms with E-state index in [0.29, 0.717) is 18.7 Å². The fourth-order valence-electron chi connectivity index (χ4n) is 1.64. The van der Waals surface area contributed by atoms with Crippen LogP contribution in [0.2, 0.25) is 0 Å². The maximum absolute atomic E-state index is 12.7. The molecular weight excluding hydrogens is 261 g/mol. The molecule has 0 aliphatic rings.